The summed E-state index contributed by atoms with van der Waals surface area (Å²) < 4.78 is 27.4. The van der Waals surface area contributed by atoms with E-state index in [1.54, 1.807) is 6.92 Å². The molecular formula is C14H22ClN3O2S. The number of nitrogen functional groups attached to an aromatic ring is 1. The van der Waals surface area contributed by atoms with Crippen molar-refractivity contribution in [1.82, 2.24) is 9.62 Å². The van der Waals surface area contributed by atoms with Gasteiger partial charge in [0.25, 0.3) is 0 Å². The number of sulfonamides is 1. The Morgan fingerprint density at radius 2 is 2.19 bits per heavy atom. The summed E-state index contributed by atoms with van der Waals surface area (Å²) >= 11 is 6.02. The zero-order valence-electron chi connectivity index (χ0n) is 12.4. The molecule has 1 aliphatic rings. The van der Waals surface area contributed by atoms with Crippen molar-refractivity contribution < 1.29 is 8.42 Å². The van der Waals surface area contributed by atoms with E-state index in [0.717, 1.165) is 25.9 Å². The molecule has 0 radical (unpaired) electrons. The normalized spacial score (nSPS) is 20.0. The van der Waals surface area contributed by atoms with Gasteiger partial charge in [0.15, 0.2) is 0 Å². The lowest BCUT2D eigenvalue weighted by Crippen LogP contribution is -2.40. The SMILES string of the molecule is CCN1CCCC1CNS(=O)(=O)c1cc(N)c(C)c(Cl)c1. The zero-order chi connectivity index (χ0) is 15.6. The quantitative estimate of drug-likeness (QED) is 0.809. The first-order chi connectivity index (χ1) is 9.85. The van der Waals surface area contributed by atoms with Crippen molar-refractivity contribution in [1.29, 1.82) is 0 Å². The standard InChI is InChI=1S/C14H22ClN3O2S/c1-3-18-6-4-5-11(18)9-17-21(19,20)12-7-13(15)10(2)14(16)8-12/h7-8,11,17H,3-6,9,16H2,1-2H3. The van der Waals surface area contributed by atoms with Crippen molar-refractivity contribution in [2.75, 3.05) is 25.4 Å². The highest BCUT2D eigenvalue weighted by atomic mass is 35.5. The van der Waals surface area contributed by atoms with Gasteiger partial charge in [-0.15, -0.1) is 0 Å². The van der Waals surface area contributed by atoms with Crippen molar-refractivity contribution in [3.8, 4) is 0 Å². The average molecular weight is 332 g/mol. The summed E-state index contributed by atoms with van der Waals surface area (Å²) in [5, 5.41) is 0.367. The van der Waals surface area contributed by atoms with Crippen molar-refractivity contribution >= 4 is 27.3 Å². The van der Waals surface area contributed by atoms with Gasteiger partial charge in [0.1, 0.15) is 0 Å². The molecule has 2 rings (SSSR count). The van der Waals surface area contributed by atoms with E-state index in [1.165, 1.54) is 12.1 Å². The highest BCUT2D eigenvalue weighted by molar-refractivity contribution is 7.89. The third-order valence-corrected chi connectivity index (χ3v) is 5.88. The first-order valence-electron chi connectivity index (χ1n) is 7.14. The summed E-state index contributed by atoms with van der Waals surface area (Å²) in [6.45, 7) is 6.25. The molecule has 1 saturated heterocycles. The Morgan fingerprint density at radius 1 is 1.48 bits per heavy atom. The van der Waals surface area contributed by atoms with E-state index < -0.39 is 10.0 Å². The number of likely N-dealkylation sites (N-methyl/N-ethyl adjacent to an activating group) is 1. The van der Waals surface area contributed by atoms with Crippen LogP contribution in [0.25, 0.3) is 0 Å². The fourth-order valence-electron chi connectivity index (χ4n) is 2.66. The minimum Gasteiger partial charge on any atom is -0.398 e. The van der Waals surface area contributed by atoms with Crippen LogP contribution in [0, 0.1) is 6.92 Å². The van der Waals surface area contributed by atoms with Crippen LogP contribution in [-0.4, -0.2) is 39.0 Å². The predicted molar refractivity (Wildman–Crippen MR) is 86.1 cm³/mol. The van der Waals surface area contributed by atoms with Gasteiger partial charge in [-0.05, 0) is 50.6 Å². The average Bonchev–Trinajstić information content (AvgIpc) is 2.89. The van der Waals surface area contributed by atoms with Gasteiger partial charge in [-0.1, -0.05) is 18.5 Å². The molecule has 0 amide bonds. The van der Waals surface area contributed by atoms with Crippen molar-refractivity contribution in [3.05, 3.63) is 22.7 Å². The number of nitrogens with zero attached hydrogens (tertiary/aromatic N) is 1. The Morgan fingerprint density at radius 3 is 2.81 bits per heavy atom. The molecule has 3 N–H and O–H groups in total. The first-order valence-corrected chi connectivity index (χ1v) is 9.00. The second-order valence-electron chi connectivity index (χ2n) is 5.40. The first kappa shape index (κ1) is 16.5. The Hall–Kier alpha value is -0.820. The van der Waals surface area contributed by atoms with Crippen LogP contribution in [-0.2, 0) is 10.0 Å². The lowest BCUT2D eigenvalue weighted by Gasteiger charge is -2.23. The zero-order valence-corrected chi connectivity index (χ0v) is 14.0. The molecule has 0 bridgehead atoms. The molecule has 1 unspecified atom stereocenters. The van der Waals surface area contributed by atoms with Crippen LogP contribution in [0.1, 0.15) is 25.3 Å². The Kier molecular flexibility index (Phi) is 5.14. The molecule has 0 saturated carbocycles. The second kappa shape index (κ2) is 6.52. The molecular weight excluding hydrogens is 310 g/mol. The number of likely N-dealkylation sites (tertiary alicyclic amines) is 1. The maximum Gasteiger partial charge on any atom is 0.240 e. The summed E-state index contributed by atoms with van der Waals surface area (Å²) in [4.78, 5) is 2.41. The summed E-state index contributed by atoms with van der Waals surface area (Å²) in [5.41, 5.74) is 6.88. The number of hydrogen-bond donors (Lipinski definition) is 2. The van der Waals surface area contributed by atoms with E-state index in [0.29, 0.717) is 22.8 Å². The van der Waals surface area contributed by atoms with Gasteiger partial charge in [-0.25, -0.2) is 13.1 Å². The minimum atomic E-state index is -3.58. The van der Waals surface area contributed by atoms with Crippen LogP contribution in [0.3, 0.4) is 0 Å². The summed E-state index contributed by atoms with van der Waals surface area (Å²) in [5.74, 6) is 0. The van der Waals surface area contributed by atoms with Crippen molar-refractivity contribution in [3.63, 3.8) is 0 Å². The number of nitrogens with two attached hydrogens (primary N) is 1. The predicted octanol–water partition coefficient (Wildman–Crippen LogP) is 1.99. The van der Waals surface area contributed by atoms with Crippen LogP contribution in [0.5, 0.6) is 0 Å². The van der Waals surface area contributed by atoms with Gasteiger partial charge < -0.3 is 5.73 Å². The lowest BCUT2D eigenvalue weighted by atomic mass is 10.2. The minimum absolute atomic E-state index is 0.122. The van der Waals surface area contributed by atoms with E-state index in [4.69, 9.17) is 17.3 Å². The number of nitrogens with one attached hydrogen (secondary N) is 1. The third-order valence-electron chi connectivity index (χ3n) is 4.08. The number of rotatable bonds is 5. The fraction of sp³-hybridized carbons (Fsp3) is 0.571. The van der Waals surface area contributed by atoms with Crippen molar-refractivity contribution in [2.24, 2.45) is 0 Å². The smallest absolute Gasteiger partial charge is 0.240 e. The number of benzene rings is 1. The molecule has 0 aliphatic carbocycles. The lowest BCUT2D eigenvalue weighted by molar-refractivity contribution is 0.268. The van der Waals surface area contributed by atoms with Crippen LogP contribution in [0.4, 0.5) is 5.69 Å². The molecule has 1 fully saturated rings. The molecule has 1 aromatic carbocycles. The van der Waals surface area contributed by atoms with E-state index >= 15 is 0 Å². The van der Waals surface area contributed by atoms with Gasteiger partial charge in [0, 0.05) is 23.3 Å². The Bertz CT molecular complexity index is 596. The topological polar surface area (TPSA) is 75.4 Å². The van der Waals surface area contributed by atoms with Crippen LogP contribution in [0.2, 0.25) is 5.02 Å². The van der Waals surface area contributed by atoms with E-state index in [-0.39, 0.29) is 10.9 Å². The van der Waals surface area contributed by atoms with Gasteiger partial charge in [-0.3, -0.25) is 4.90 Å². The third kappa shape index (κ3) is 3.69. The molecule has 0 aromatic heterocycles. The molecule has 1 atom stereocenters. The van der Waals surface area contributed by atoms with Crippen LogP contribution in [0.15, 0.2) is 17.0 Å². The molecule has 1 heterocycles. The highest BCUT2D eigenvalue weighted by Gasteiger charge is 2.25. The van der Waals surface area contributed by atoms with E-state index in [9.17, 15) is 8.42 Å². The largest absolute Gasteiger partial charge is 0.398 e. The number of halogens is 1. The second-order valence-corrected chi connectivity index (χ2v) is 7.57. The maximum absolute atomic E-state index is 12.4. The molecule has 0 spiro atoms. The maximum atomic E-state index is 12.4. The van der Waals surface area contributed by atoms with Crippen LogP contribution < -0.4 is 10.5 Å². The van der Waals surface area contributed by atoms with E-state index in [2.05, 4.69) is 16.5 Å². The Labute approximate surface area is 131 Å². The molecule has 1 aromatic rings. The van der Waals surface area contributed by atoms with Gasteiger partial charge >= 0.3 is 0 Å². The highest BCUT2D eigenvalue weighted by Crippen LogP contribution is 2.26. The number of hydrogen-bond acceptors (Lipinski definition) is 4. The van der Waals surface area contributed by atoms with Crippen molar-refractivity contribution in [2.45, 2.75) is 37.6 Å². The van der Waals surface area contributed by atoms with Crippen LogP contribution >= 0.6 is 11.6 Å². The monoisotopic (exact) mass is 331 g/mol. The van der Waals surface area contributed by atoms with Gasteiger partial charge in [-0.2, -0.15) is 0 Å². The summed E-state index contributed by atoms with van der Waals surface area (Å²) in [7, 11) is -3.58. The summed E-state index contributed by atoms with van der Waals surface area (Å²) in [6.07, 6.45) is 2.14. The molecule has 1 aliphatic heterocycles. The fourth-order valence-corrected chi connectivity index (χ4v) is 4.09. The number of anilines is 1. The molecule has 21 heavy (non-hydrogen) atoms. The van der Waals surface area contributed by atoms with Gasteiger partial charge in [0.2, 0.25) is 10.0 Å². The molecule has 5 nitrogen and oxygen atoms in total. The molecule has 7 heteroatoms. The summed E-state index contributed by atoms with van der Waals surface area (Å²) in [6, 6.07) is 3.17. The van der Waals surface area contributed by atoms with Gasteiger partial charge in [0.05, 0.1) is 4.90 Å². The molecule has 118 valence electrons. The van der Waals surface area contributed by atoms with E-state index in [1.807, 2.05) is 0 Å². The Balaban J connectivity index is 2.12.